The zero-order valence-electron chi connectivity index (χ0n) is 18.1. The van der Waals surface area contributed by atoms with E-state index in [-0.39, 0.29) is 11.8 Å². The predicted octanol–water partition coefficient (Wildman–Crippen LogP) is 3.85. The van der Waals surface area contributed by atoms with Crippen LogP contribution < -0.4 is 10.2 Å². The summed E-state index contributed by atoms with van der Waals surface area (Å²) in [6, 6.07) is 8.09. The van der Waals surface area contributed by atoms with Crippen LogP contribution in [0.15, 0.2) is 35.6 Å². The van der Waals surface area contributed by atoms with Gasteiger partial charge >= 0.3 is 0 Å². The van der Waals surface area contributed by atoms with Crippen LogP contribution in [0.3, 0.4) is 0 Å². The predicted molar refractivity (Wildman–Crippen MR) is 125 cm³/mol. The first-order chi connectivity index (χ1) is 15.8. The van der Waals surface area contributed by atoms with Gasteiger partial charge in [0.05, 0.1) is 24.6 Å². The van der Waals surface area contributed by atoms with Crippen molar-refractivity contribution in [3.05, 3.63) is 36.2 Å². The zero-order valence-corrected chi connectivity index (χ0v) is 18.1. The molecule has 0 bridgehead atoms. The van der Waals surface area contributed by atoms with Gasteiger partial charge in [-0.25, -0.2) is 4.98 Å². The van der Waals surface area contributed by atoms with Crippen molar-refractivity contribution in [1.29, 1.82) is 0 Å². The number of hydrogen-bond acceptors (Lipinski definition) is 7. The number of anilines is 2. The lowest BCUT2D eigenvalue weighted by Crippen LogP contribution is -2.24. The minimum atomic E-state index is -0.170. The molecule has 3 aliphatic rings. The van der Waals surface area contributed by atoms with E-state index < -0.39 is 0 Å². The van der Waals surface area contributed by atoms with E-state index in [4.69, 9.17) is 15.0 Å². The molecule has 0 spiro atoms. The third kappa shape index (κ3) is 3.43. The summed E-state index contributed by atoms with van der Waals surface area (Å²) in [4.78, 5) is 34.0. The summed E-state index contributed by atoms with van der Waals surface area (Å²) in [5.74, 6) is 1.72. The molecule has 8 heteroatoms. The van der Waals surface area contributed by atoms with Crippen LogP contribution in [-0.4, -0.2) is 50.6 Å². The Morgan fingerprint density at radius 2 is 1.94 bits per heavy atom. The fraction of sp³-hybridized carbons (Fsp3) is 0.458. The summed E-state index contributed by atoms with van der Waals surface area (Å²) in [6.07, 6.45) is 8.46. The first-order valence-electron chi connectivity index (χ1n) is 11.7. The largest absolute Gasteiger partial charge is 0.363 e. The zero-order chi connectivity index (χ0) is 21.5. The molecule has 0 amide bonds. The maximum absolute atomic E-state index is 12.6. The average molecular weight is 430 g/mol. The Morgan fingerprint density at radius 3 is 2.78 bits per heavy atom. The van der Waals surface area contributed by atoms with Crippen LogP contribution in [0, 0.1) is 0 Å². The number of nitrogens with one attached hydrogen (secondary N) is 1. The van der Waals surface area contributed by atoms with Gasteiger partial charge in [0, 0.05) is 31.6 Å². The number of imidazole rings is 1. The quantitative estimate of drug-likeness (QED) is 0.663. The molecule has 32 heavy (non-hydrogen) atoms. The molecular formula is C24H27N7O. The molecule has 1 aromatic carbocycles. The van der Waals surface area contributed by atoms with Crippen molar-refractivity contribution in [3.63, 3.8) is 0 Å². The van der Waals surface area contributed by atoms with Crippen molar-refractivity contribution < 1.29 is 4.79 Å². The number of carbonyl (C=O) groups is 1. The SMILES string of the molecule is O=C1CCCCC1n1cnc2c(NCC3=Nc4ccccc4C3)nc(N3CCCC3)nc21. The molecule has 1 saturated carbocycles. The topological polar surface area (TPSA) is 88.3 Å². The van der Waals surface area contributed by atoms with E-state index in [1.807, 2.05) is 10.6 Å². The van der Waals surface area contributed by atoms with Gasteiger partial charge < -0.3 is 14.8 Å². The Bertz CT molecular complexity index is 1210. The van der Waals surface area contributed by atoms with E-state index in [9.17, 15) is 4.79 Å². The molecule has 1 saturated heterocycles. The molecule has 3 aromatic rings. The van der Waals surface area contributed by atoms with Gasteiger partial charge in [-0.3, -0.25) is 9.79 Å². The van der Waals surface area contributed by atoms with Crippen LogP contribution in [0.4, 0.5) is 17.5 Å². The van der Waals surface area contributed by atoms with Crippen LogP contribution in [0.25, 0.3) is 11.2 Å². The van der Waals surface area contributed by atoms with Crippen molar-refractivity contribution >= 4 is 40.1 Å². The van der Waals surface area contributed by atoms with Gasteiger partial charge in [0.1, 0.15) is 0 Å². The highest BCUT2D eigenvalue weighted by Crippen LogP contribution is 2.31. The molecule has 1 N–H and O–H groups in total. The summed E-state index contributed by atoms with van der Waals surface area (Å²) >= 11 is 0. The molecule has 1 atom stereocenters. The third-order valence-corrected chi connectivity index (χ3v) is 6.78. The summed E-state index contributed by atoms with van der Waals surface area (Å²) in [5, 5.41) is 3.49. The number of nitrogens with zero attached hydrogens (tertiary/aromatic N) is 6. The van der Waals surface area contributed by atoms with Gasteiger partial charge in [-0.05, 0) is 37.3 Å². The second-order valence-electron chi connectivity index (χ2n) is 8.96. The second-order valence-corrected chi connectivity index (χ2v) is 8.96. The number of aromatic nitrogens is 4. The fourth-order valence-corrected chi connectivity index (χ4v) is 5.06. The molecule has 2 fully saturated rings. The number of aliphatic imine (C=N–C) groups is 1. The summed E-state index contributed by atoms with van der Waals surface area (Å²) in [5.41, 5.74) is 4.87. The number of ketones is 1. The van der Waals surface area contributed by atoms with E-state index in [1.54, 1.807) is 6.33 Å². The molecule has 0 radical (unpaired) electrons. The first-order valence-corrected chi connectivity index (χ1v) is 11.7. The van der Waals surface area contributed by atoms with Crippen LogP contribution in [-0.2, 0) is 11.2 Å². The third-order valence-electron chi connectivity index (χ3n) is 6.78. The molecule has 1 aliphatic carbocycles. The van der Waals surface area contributed by atoms with Crippen molar-refractivity contribution in [1.82, 2.24) is 19.5 Å². The van der Waals surface area contributed by atoms with Gasteiger partial charge in [0.2, 0.25) is 5.95 Å². The summed E-state index contributed by atoms with van der Waals surface area (Å²) < 4.78 is 1.98. The molecule has 2 aliphatic heterocycles. The number of hydrogen-bond donors (Lipinski definition) is 1. The maximum atomic E-state index is 12.6. The van der Waals surface area contributed by atoms with Crippen LogP contribution in [0.1, 0.15) is 50.1 Å². The smallest absolute Gasteiger partial charge is 0.229 e. The normalized spacial score (nSPS) is 20.6. The summed E-state index contributed by atoms with van der Waals surface area (Å²) in [7, 11) is 0. The molecule has 1 unspecified atom stereocenters. The lowest BCUT2D eigenvalue weighted by molar-refractivity contribution is -0.123. The molecule has 164 valence electrons. The molecule has 4 heterocycles. The number of carbonyl (C=O) groups excluding carboxylic acids is 1. The fourth-order valence-electron chi connectivity index (χ4n) is 5.06. The van der Waals surface area contributed by atoms with Gasteiger partial charge in [-0.15, -0.1) is 0 Å². The molecule has 2 aromatic heterocycles. The van der Waals surface area contributed by atoms with Crippen LogP contribution in [0.5, 0.6) is 0 Å². The van der Waals surface area contributed by atoms with Crippen LogP contribution in [0.2, 0.25) is 0 Å². The number of fused-ring (bicyclic) bond motifs is 2. The highest BCUT2D eigenvalue weighted by Gasteiger charge is 2.28. The Morgan fingerprint density at radius 1 is 1.06 bits per heavy atom. The molecular weight excluding hydrogens is 402 g/mol. The maximum Gasteiger partial charge on any atom is 0.229 e. The Hall–Kier alpha value is -3.29. The van der Waals surface area contributed by atoms with Crippen molar-refractivity contribution in [2.75, 3.05) is 29.9 Å². The molecule has 6 rings (SSSR count). The average Bonchev–Trinajstić information content (AvgIpc) is 3.57. The Kier molecular flexibility index (Phi) is 4.85. The van der Waals surface area contributed by atoms with Gasteiger partial charge in [-0.2, -0.15) is 9.97 Å². The van der Waals surface area contributed by atoms with Crippen molar-refractivity contribution in [3.8, 4) is 0 Å². The monoisotopic (exact) mass is 429 g/mol. The van der Waals surface area contributed by atoms with E-state index in [2.05, 4.69) is 33.4 Å². The Labute approximate surface area is 186 Å². The number of para-hydroxylation sites is 1. The van der Waals surface area contributed by atoms with E-state index >= 15 is 0 Å². The van der Waals surface area contributed by atoms with Gasteiger partial charge in [-0.1, -0.05) is 24.6 Å². The minimum Gasteiger partial charge on any atom is -0.363 e. The minimum absolute atomic E-state index is 0.170. The lowest BCUT2D eigenvalue weighted by Gasteiger charge is -2.22. The molecule has 8 nitrogen and oxygen atoms in total. The van der Waals surface area contributed by atoms with Gasteiger partial charge in [0.15, 0.2) is 22.8 Å². The van der Waals surface area contributed by atoms with E-state index in [1.165, 1.54) is 5.56 Å². The number of rotatable bonds is 5. The van der Waals surface area contributed by atoms with Crippen LogP contribution >= 0.6 is 0 Å². The number of Topliss-reactive ketones (excluding diaryl/α,β-unsaturated/α-hetero) is 1. The summed E-state index contributed by atoms with van der Waals surface area (Å²) in [6.45, 7) is 2.53. The van der Waals surface area contributed by atoms with Crippen molar-refractivity contribution in [2.45, 2.75) is 51.0 Å². The van der Waals surface area contributed by atoms with E-state index in [0.717, 1.165) is 85.9 Å². The first kappa shape index (κ1) is 19.4. The number of benzene rings is 1. The van der Waals surface area contributed by atoms with E-state index in [0.29, 0.717) is 13.0 Å². The highest BCUT2D eigenvalue weighted by atomic mass is 16.1. The standard InChI is InChI=1S/C24H27N7O/c32-20-10-4-3-9-19(20)31-15-26-21-22(28-24(29-23(21)31)30-11-5-6-12-30)25-14-17-13-16-7-1-2-8-18(16)27-17/h1-2,7-8,15,19H,3-6,9-14H2,(H,25,28,29). The van der Waals surface area contributed by atoms with Gasteiger partial charge in [0.25, 0.3) is 0 Å². The highest BCUT2D eigenvalue weighted by molar-refractivity contribution is 5.98. The lowest BCUT2D eigenvalue weighted by atomic mass is 9.94. The second kappa shape index (κ2) is 8.00. The van der Waals surface area contributed by atoms with Crippen molar-refractivity contribution in [2.24, 2.45) is 4.99 Å². The Balaban J connectivity index is 1.34.